The summed E-state index contributed by atoms with van der Waals surface area (Å²) in [5, 5.41) is 21.7. The molecule has 8 heteroatoms. The minimum absolute atomic E-state index is 0.0663. The molecule has 0 saturated carbocycles. The number of carbonyl (C=O) groups is 1. The summed E-state index contributed by atoms with van der Waals surface area (Å²) in [5.74, 6) is -0.0663. The Kier molecular flexibility index (Phi) is 4.48. The van der Waals surface area contributed by atoms with Gasteiger partial charge in [-0.2, -0.15) is 0 Å². The molecule has 1 aromatic heterocycles. The quantitative estimate of drug-likeness (QED) is 0.828. The SMILES string of the molecule is COCc1nnc(NC(=O)CN2[C@@H]3CC[C@H]2CC(O)C3)s1. The van der Waals surface area contributed by atoms with Crippen LogP contribution in [0.4, 0.5) is 5.13 Å². The molecule has 2 bridgehead atoms. The van der Waals surface area contributed by atoms with Gasteiger partial charge in [-0.1, -0.05) is 11.3 Å². The summed E-state index contributed by atoms with van der Waals surface area (Å²) in [6.45, 7) is 0.767. The Morgan fingerprint density at radius 2 is 2.14 bits per heavy atom. The Morgan fingerprint density at radius 3 is 2.81 bits per heavy atom. The Balaban J connectivity index is 1.54. The van der Waals surface area contributed by atoms with Crippen LogP contribution in [-0.4, -0.2) is 58.0 Å². The molecule has 0 aromatic carbocycles. The molecule has 3 rings (SSSR count). The first-order chi connectivity index (χ1) is 10.2. The number of rotatable bonds is 5. The number of nitrogens with one attached hydrogen (secondary N) is 1. The topological polar surface area (TPSA) is 87.6 Å². The molecular weight excluding hydrogens is 292 g/mol. The van der Waals surface area contributed by atoms with E-state index < -0.39 is 0 Å². The summed E-state index contributed by atoms with van der Waals surface area (Å²) >= 11 is 1.33. The molecular formula is C13H20N4O3S. The molecule has 21 heavy (non-hydrogen) atoms. The van der Waals surface area contributed by atoms with E-state index in [0.717, 1.165) is 30.7 Å². The number of piperidine rings is 1. The number of anilines is 1. The van der Waals surface area contributed by atoms with Crippen LogP contribution in [0.3, 0.4) is 0 Å². The number of aliphatic hydroxyl groups excluding tert-OH is 1. The summed E-state index contributed by atoms with van der Waals surface area (Å²) in [6, 6.07) is 0.672. The van der Waals surface area contributed by atoms with Crippen molar-refractivity contribution in [3.05, 3.63) is 5.01 Å². The van der Waals surface area contributed by atoms with Gasteiger partial charge in [0.05, 0.1) is 12.6 Å². The smallest absolute Gasteiger partial charge is 0.240 e. The van der Waals surface area contributed by atoms with E-state index in [-0.39, 0.29) is 12.0 Å². The number of fused-ring (bicyclic) bond motifs is 2. The maximum absolute atomic E-state index is 12.1. The Bertz CT molecular complexity index is 495. The number of ether oxygens (including phenoxy) is 1. The van der Waals surface area contributed by atoms with Gasteiger partial charge in [0, 0.05) is 19.2 Å². The zero-order chi connectivity index (χ0) is 14.8. The van der Waals surface area contributed by atoms with Crippen molar-refractivity contribution in [1.82, 2.24) is 15.1 Å². The van der Waals surface area contributed by atoms with Gasteiger partial charge < -0.3 is 9.84 Å². The van der Waals surface area contributed by atoms with Gasteiger partial charge in [0.2, 0.25) is 11.0 Å². The van der Waals surface area contributed by atoms with E-state index in [0.29, 0.717) is 30.4 Å². The summed E-state index contributed by atoms with van der Waals surface area (Å²) in [4.78, 5) is 14.4. The lowest BCUT2D eigenvalue weighted by Crippen LogP contribution is -2.47. The van der Waals surface area contributed by atoms with Gasteiger partial charge in [-0.3, -0.25) is 15.0 Å². The van der Waals surface area contributed by atoms with Crippen LogP contribution in [0, 0.1) is 0 Å². The molecule has 116 valence electrons. The van der Waals surface area contributed by atoms with E-state index in [1.165, 1.54) is 11.3 Å². The van der Waals surface area contributed by atoms with Crippen molar-refractivity contribution in [3.8, 4) is 0 Å². The van der Waals surface area contributed by atoms with Gasteiger partial charge in [-0.05, 0) is 25.7 Å². The number of carbonyl (C=O) groups excluding carboxylic acids is 1. The summed E-state index contributed by atoms with van der Waals surface area (Å²) < 4.78 is 4.98. The molecule has 2 aliphatic heterocycles. The third kappa shape index (κ3) is 3.39. The van der Waals surface area contributed by atoms with E-state index in [1.807, 2.05) is 0 Å². The van der Waals surface area contributed by atoms with Crippen LogP contribution in [0.15, 0.2) is 0 Å². The number of amides is 1. The molecule has 0 aliphatic carbocycles. The monoisotopic (exact) mass is 312 g/mol. The molecule has 0 radical (unpaired) electrons. The van der Waals surface area contributed by atoms with E-state index in [2.05, 4.69) is 20.4 Å². The van der Waals surface area contributed by atoms with Crippen molar-refractivity contribution in [2.75, 3.05) is 19.0 Å². The Morgan fingerprint density at radius 1 is 1.43 bits per heavy atom. The summed E-state index contributed by atoms with van der Waals surface area (Å²) in [6.07, 6.45) is 3.50. The second-order valence-electron chi connectivity index (χ2n) is 5.66. The number of methoxy groups -OCH3 is 1. The number of aliphatic hydroxyl groups is 1. The lowest BCUT2D eigenvalue weighted by molar-refractivity contribution is -0.119. The van der Waals surface area contributed by atoms with E-state index in [1.54, 1.807) is 7.11 Å². The largest absolute Gasteiger partial charge is 0.393 e. The fourth-order valence-electron chi connectivity index (χ4n) is 3.31. The fourth-order valence-corrected chi connectivity index (χ4v) is 4.04. The van der Waals surface area contributed by atoms with Gasteiger partial charge in [0.15, 0.2) is 0 Å². The minimum Gasteiger partial charge on any atom is -0.393 e. The molecule has 3 atom stereocenters. The highest BCUT2D eigenvalue weighted by Gasteiger charge is 2.40. The number of hydrogen-bond acceptors (Lipinski definition) is 7. The molecule has 2 aliphatic rings. The zero-order valence-electron chi connectivity index (χ0n) is 12.0. The summed E-state index contributed by atoms with van der Waals surface area (Å²) in [7, 11) is 1.60. The van der Waals surface area contributed by atoms with Crippen molar-refractivity contribution in [2.24, 2.45) is 0 Å². The maximum atomic E-state index is 12.1. The van der Waals surface area contributed by atoms with E-state index in [9.17, 15) is 9.90 Å². The van der Waals surface area contributed by atoms with Crippen LogP contribution in [0.5, 0.6) is 0 Å². The molecule has 2 N–H and O–H groups in total. The number of nitrogens with zero attached hydrogens (tertiary/aromatic N) is 3. The Hall–Kier alpha value is -1.09. The lowest BCUT2D eigenvalue weighted by Gasteiger charge is -2.36. The second-order valence-corrected chi connectivity index (χ2v) is 6.73. The molecule has 3 heterocycles. The molecule has 1 aromatic rings. The molecule has 2 fully saturated rings. The third-order valence-electron chi connectivity index (χ3n) is 4.17. The average Bonchev–Trinajstić information content (AvgIpc) is 2.94. The van der Waals surface area contributed by atoms with Crippen molar-refractivity contribution in [2.45, 2.75) is 50.5 Å². The molecule has 0 spiro atoms. The second kappa shape index (κ2) is 6.35. The molecule has 1 unspecified atom stereocenters. The predicted octanol–water partition coefficient (Wildman–Crippen LogP) is 0.611. The van der Waals surface area contributed by atoms with Crippen molar-refractivity contribution in [1.29, 1.82) is 0 Å². The van der Waals surface area contributed by atoms with Gasteiger partial charge in [-0.15, -0.1) is 10.2 Å². The molecule has 2 saturated heterocycles. The first-order valence-corrected chi connectivity index (χ1v) is 8.02. The highest BCUT2D eigenvalue weighted by molar-refractivity contribution is 7.15. The van der Waals surface area contributed by atoms with Crippen LogP contribution >= 0.6 is 11.3 Å². The van der Waals surface area contributed by atoms with E-state index >= 15 is 0 Å². The van der Waals surface area contributed by atoms with Gasteiger partial charge in [0.25, 0.3) is 0 Å². The van der Waals surface area contributed by atoms with E-state index in [4.69, 9.17) is 4.74 Å². The highest BCUT2D eigenvalue weighted by atomic mass is 32.1. The number of aromatic nitrogens is 2. The van der Waals surface area contributed by atoms with Gasteiger partial charge in [0.1, 0.15) is 11.6 Å². The van der Waals surface area contributed by atoms with Gasteiger partial charge >= 0.3 is 0 Å². The van der Waals surface area contributed by atoms with Crippen LogP contribution in [-0.2, 0) is 16.1 Å². The third-order valence-corrected chi connectivity index (χ3v) is 4.98. The predicted molar refractivity (Wildman–Crippen MR) is 78.0 cm³/mol. The lowest BCUT2D eigenvalue weighted by atomic mass is 10.00. The fraction of sp³-hybridized carbons (Fsp3) is 0.769. The van der Waals surface area contributed by atoms with Gasteiger partial charge in [-0.25, -0.2) is 0 Å². The highest BCUT2D eigenvalue weighted by Crippen LogP contribution is 2.35. The van der Waals surface area contributed by atoms with Crippen LogP contribution in [0.2, 0.25) is 0 Å². The van der Waals surface area contributed by atoms with Crippen LogP contribution in [0.1, 0.15) is 30.7 Å². The van der Waals surface area contributed by atoms with Crippen LogP contribution in [0.25, 0.3) is 0 Å². The minimum atomic E-state index is -0.207. The number of hydrogen-bond donors (Lipinski definition) is 2. The normalized spacial score (nSPS) is 28.8. The summed E-state index contributed by atoms with van der Waals surface area (Å²) in [5.41, 5.74) is 0. The standard InChI is InChI=1S/C13H20N4O3S/c1-20-7-12-15-16-13(21-12)14-11(19)6-17-8-2-3-9(17)5-10(18)4-8/h8-10,18H,2-7H2,1H3,(H,14,16,19)/t8-,9+,10?. The molecule has 7 nitrogen and oxygen atoms in total. The maximum Gasteiger partial charge on any atom is 0.240 e. The molecule has 1 amide bonds. The van der Waals surface area contributed by atoms with Crippen LogP contribution < -0.4 is 5.32 Å². The Labute approximate surface area is 127 Å². The average molecular weight is 312 g/mol. The van der Waals surface area contributed by atoms with Crippen molar-refractivity contribution >= 4 is 22.4 Å². The van der Waals surface area contributed by atoms with Crippen molar-refractivity contribution in [3.63, 3.8) is 0 Å². The van der Waals surface area contributed by atoms with Crippen molar-refractivity contribution < 1.29 is 14.6 Å². The first kappa shape index (κ1) is 14.8. The first-order valence-electron chi connectivity index (χ1n) is 7.20. The zero-order valence-corrected chi connectivity index (χ0v) is 12.8.